The number of rotatable bonds is 6. The minimum Gasteiger partial charge on any atom is -0.299 e. The van der Waals surface area contributed by atoms with E-state index in [1.807, 2.05) is 0 Å². The number of likely N-dealkylation sites (N-methyl/N-ethyl adjacent to an activating group) is 1. The molecule has 0 aromatic heterocycles. The maximum atomic E-state index is 11.9. The molecule has 0 spiro atoms. The molecule has 2 nitrogen and oxygen atoms in total. The van der Waals surface area contributed by atoms with Crippen LogP contribution in [0.1, 0.15) is 46.0 Å². The maximum Gasteiger partial charge on any atom is 0.149 e. The molecule has 1 aliphatic rings. The van der Waals surface area contributed by atoms with Crippen molar-refractivity contribution in [3.63, 3.8) is 0 Å². The highest BCUT2D eigenvalue weighted by molar-refractivity contribution is 5.83. The normalized spacial score (nSPS) is 19.7. The number of hydrogen-bond acceptors (Lipinski definition) is 2. The zero-order valence-corrected chi connectivity index (χ0v) is 10.5. The number of ketones is 1. The van der Waals surface area contributed by atoms with Crippen molar-refractivity contribution < 1.29 is 4.79 Å². The second-order valence-corrected chi connectivity index (χ2v) is 5.16. The summed E-state index contributed by atoms with van der Waals surface area (Å²) in [7, 11) is 2.07. The van der Waals surface area contributed by atoms with Crippen LogP contribution < -0.4 is 0 Å². The molecule has 0 aliphatic heterocycles. The molecule has 0 saturated heterocycles. The van der Waals surface area contributed by atoms with Gasteiger partial charge >= 0.3 is 0 Å². The van der Waals surface area contributed by atoms with Gasteiger partial charge in [0.1, 0.15) is 5.78 Å². The molecule has 88 valence electrons. The number of carbonyl (C=O) groups is 1. The van der Waals surface area contributed by atoms with E-state index in [-0.39, 0.29) is 0 Å². The highest BCUT2D eigenvalue weighted by atomic mass is 16.1. The minimum atomic E-state index is 0.379. The fourth-order valence-corrected chi connectivity index (χ4v) is 2.37. The molecule has 0 aromatic carbocycles. The summed E-state index contributed by atoms with van der Waals surface area (Å²) in [6.45, 7) is 6.16. The van der Waals surface area contributed by atoms with Crippen molar-refractivity contribution in [3.8, 4) is 0 Å². The third-order valence-corrected chi connectivity index (χ3v) is 3.56. The van der Waals surface area contributed by atoms with Crippen molar-refractivity contribution >= 4 is 5.78 Å². The van der Waals surface area contributed by atoms with E-state index in [9.17, 15) is 4.79 Å². The average molecular weight is 211 g/mol. The second kappa shape index (κ2) is 6.26. The molecule has 0 heterocycles. The number of carbonyl (C=O) groups excluding carboxylic acids is 1. The van der Waals surface area contributed by atoms with E-state index in [0.29, 0.717) is 24.2 Å². The molecule has 0 radical (unpaired) electrons. The van der Waals surface area contributed by atoms with E-state index >= 15 is 0 Å². The van der Waals surface area contributed by atoms with Crippen molar-refractivity contribution in [1.29, 1.82) is 0 Å². The quantitative estimate of drug-likeness (QED) is 0.673. The van der Waals surface area contributed by atoms with Gasteiger partial charge in [-0.2, -0.15) is 0 Å². The second-order valence-electron chi connectivity index (χ2n) is 5.16. The lowest BCUT2D eigenvalue weighted by molar-refractivity contribution is -0.123. The van der Waals surface area contributed by atoms with E-state index in [4.69, 9.17) is 0 Å². The monoisotopic (exact) mass is 211 g/mol. The van der Waals surface area contributed by atoms with E-state index < -0.39 is 0 Å². The molecule has 1 saturated carbocycles. The van der Waals surface area contributed by atoms with Gasteiger partial charge in [-0.15, -0.1) is 0 Å². The Morgan fingerprint density at radius 1 is 1.40 bits per heavy atom. The van der Waals surface area contributed by atoms with E-state index in [0.717, 1.165) is 19.4 Å². The Kier molecular flexibility index (Phi) is 5.30. The Morgan fingerprint density at radius 3 is 2.53 bits per heavy atom. The topological polar surface area (TPSA) is 20.3 Å². The van der Waals surface area contributed by atoms with Crippen LogP contribution in [-0.4, -0.2) is 30.8 Å². The molecule has 0 N–H and O–H groups in total. The van der Waals surface area contributed by atoms with Crippen LogP contribution in [0, 0.1) is 11.8 Å². The lowest BCUT2D eigenvalue weighted by atomic mass is 10.0. The largest absolute Gasteiger partial charge is 0.299 e. The number of hydrogen-bond donors (Lipinski definition) is 0. The molecule has 0 amide bonds. The van der Waals surface area contributed by atoms with Crippen molar-refractivity contribution in [2.45, 2.75) is 46.0 Å². The van der Waals surface area contributed by atoms with Crippen LogP contribution in [0.5, 0.6) is 0 Å². The predicted molar refractivity (Wildman–Crippen MR) is 63.9 cm³/mol. The summed E-state index contributed by atoms with van der Waals surface area (Å²) < 4.78 is 0. The first kappa shape index (κ1) is 12.7. The van der Waals surface area contributed by atoms with Gasteiger partial charge in [-0.25, -0.2) is 0 Å². The van der Waals surface area contributed by atoms with Gasteiger partial charge in [-0.05, 0) is 25.8 Å². The Labute approximate surface area is 94.0 Å². The summed E-state index contributed by atoms with van der Waals surface area (Å²) >= 11 is 0. The molecule has 1 atom stereocenters. The minimum absolute atomic E-state index is 0.379. The van der Waals surface area contributed by atoms with Crippen molar-refractivity contribution in [2.75, 3.05) is 20.1 Å². The molecule has 0 aromatic rings. The highest BCUT2D eigenvalue weighted by Crippen LogP contribution is 2.25. The fourth-order valence-electron chi connectivity index (χ4n) is 2.37. The van der Waals surface area contributed by atoms with Crippen molar-refractivity contribution in [2.24, 2.45) is 11.8 Å². The van der Waals surface area contributed by atoms with E-state index in [1.54, 1.807) is 0 Å². The summed E-state index contributed by atoms with van der Waals surface area (Å²) in [4.78, 5) is 14.1. The molecule has 2 heteroatoms. The first-order valence-corrected chi connectivity index (χ1v) is 6.34. The summed E-state index contributed by atoms with van der Waals surface area (Å²) in [6, 6.07) is 0. The Hall–Kier alpha value is -0.370. The predicted octanol–water partition coefficient (Wildman–Crippen LogP) is 2.72. The van der Waals surface area contributed by atoms with Gasteiger partial charge in [-0.3, -0.25) is 9.69 Å². The van der Waals surface area contributed by atoms with Crippen LogP contribution in [0.4, 0.5) is 0 Å². The van der Waals surface area contributed by atoms with E-state index in [1.165, 1.54) is 19.3 Å². The molecular weight excluding hydrogens is 186 g/mol. The van der Waals surface area contributed by atoms with Crippen LogP contribution in [-0.2, 0) is 4.79 Å². The third-order valence-electron chi connectivity index (χ3n) is 3.56. The van der Waals surface area contributed by atoms with Crippen LogP contribution in [0.15, 0.2) is 0 Å². The standard InChI is InChI=1S/C13H25NO/c1-4-11(2)9-14(3)10-13(15)12-7-5-6-8-12/h11-12H,4-10H2,1-3H3. The van der Waals surface area contributed by atoms with Gasteiger partial charge in [-0.1, -0.05) is 33.1 Å². The molecule has 0 bridgehead atoms. The third kappa shape index (κ3) is 4.33. The smallest absolute Gasteiger partial charge is 0.149 e. The van der Waals surface area contributed by atoms with Crippen LogP contribution in [0.2, 0.25) is 0 Å². The maximum absolute atomic E-state index is 11.9. The van der Waals surface area contributed by atoms with Crippen LogP contribution in [0.25, 0.3) is 0 Å². The Balaban J connectivity index is 2.24. The number of Topliss-reactive ketones (excluding diaryl/α,β-unsaturated/α-hetero) is 1. The van der Waals surface area contributed by atoms with Gasteiger partial charge in [0.25, 0.3) is 0 Å². The van der Waals surface area contributed by atoms with Gasteiger partial charge in [0.2, 0.25) is 0 Å². The van der Waals surface area contributed by atoms with Crippen molar-refractivity contribution in [3.05, 3.63) is 0 Å². The fraction of sp³-hybridized carbons (Fsp3) is 0.923. The zero-order valence-electron chi connectivity index (χ0n) is 10.5. The number of nitrogens with zero attached hydrogens (tertiary/aromatic N) is 1. The molecule has 1 unspecified atom stereocenters. The summed E-state index contributed by atoms with van der Waals surface area (Å²) in [5.41, 5.74) is 0. The Bertz CT molecular complexity index is 197. The molecule has 1 rings (SSSR count). The van der Waals surface area contributed by atoms with Gasteiger partial charge in [0.05, 0.1) is 6.54 Å². The first-order chi connectivity index (χ1) is 7.13. The van der Waals surface area contributed by atoms with Gasteiger partial charge in [0, 0.05) is 12.5 Å². The molecule has 1 aliphatic carbocycles. The van der Waals surface area contributed by atoms with E-state index in [2.05, 4.69) is 25.8 Å². The van der Waals surface area contributed by atoms with Gasteiger partial charge < -0.3 is 0 Å². The summed E-state index contributed by atoms with van der Waals surface area (Å²) in [6.07, 6.45) is 5.98. The SMILES string of the molecule is CCC(C)CN(C)CC(=O)C1CCCC1. The molecule has 15 heavy (non-hydrogen) atoms. The summed E-state index contributed by atoms with van der Waals surface area (Å²) in [5.74, 6) is 1.55. The van der Waals surface area contributed by atoms with Gasteiger partial charge in [0.15, 0.2) is 0 Å². The average Bonchev–Trinajstić information content (AvgIpc) is 2.70. The van der Waals surface area contributed by atoms with Crippen LogP contribution >= 0.6 is 0 Å². The summed E-state index contributed by atoms with van der Waals surface area (Å²) in [5, 5.41) is 0. The zero-order chi connectivity index (χ0) is 11.3. The Morgan fingerprint density at radius 2 is 2.00 bits per heavy atom. The molecule has 1 fully saturated rings. The van der Waals surface area contributed by atoms with Crippen LogP contribution in [0.3, 0.4) is 0 Å². The highest BCUT2D eigenvalue weighted by Gasteiger charge is 2.23. The lowest BCUT2D eigenvalue weighted by Gasteiger charge is -2.21. The van der Waals surface area contributed by atoms with Crippen molar-refractivity contribution in [1.82, 2.24) is 4.90 Å². The lowest BCUT2D eigenvalue weighted by Crippen LogP contribution is -2.32. The molecular formula is C13H25NO. The first-order valence-electron chi connectivity index (χ1n) is 6.34.